The molecule has 3 N–H and O–H groups in total. The molecular weight excluding hydrogens is 562 g/mol. The van der Waals surface area contributed by atoms with E-state index in [-0.39, 0.29) is 34.9 Å². The molecule has 0 fully saturated rings. The molecule has 13 heteroatoms. The molecule has 0 radical (unpaired) electrons. The van der Waals surface area contributed by atoms with Crippen LogP contribution in [0.4, 0.5) is 21.9 Å². The van der Waals surface area contributed by atoms with Crippen LogP contribution in [-0.2, 0) is 0 Å². The van der Waals surface area contributed by atoms with Gasteiger partial charge in [-0.05, 0) is 42.0 Å². The lowest BCUT2D eigenvalue weighted by atomic mass is 10.1. The fourth-order valence-corrected chi connectivity index (χ4v) is 3.97. The number of urea groups is 1. The SMILES string of the molecule is COc1cccc(NC(=O)N/C(=C\c2ccc(N(CCC#N)CCC#N)cc2)NC(=O)c2cc([N+](=O)[O-])ccc2Cl)c1. The van der Waals surface area contributed by atoms with E-state index in [1.807, 2.05) is 4.90 Å². The number of methoxy groups -OCH3 is 1. The van der Waals surface area contributed by atoms with E-state index >= 15 is 0 Å². The normalized spacial score (nSPS) is 10.5. The fraction of sp³-hybridized carbons (Fsp3) is 0.172. The number of carbonyl (C=O) groups is 2. The molecule has 0 aliphatic heterocycles. The summed E-state index contributed by atoms with van der Waals surface area (Å²) < 4.78 is 5.17. The average Bonchev–Trinajstić information content (AvgIpc) is 2.97. The van der Waals surface area contributed by atoms with Crippen LogP contribution in [0.2, 0.25) is 5.02 Å². The summed E-state index contributed by atoms with van der Waals surface area (Å²) in [5.41, 5.74) is 1.31. The van der Waals surface area contributed by atoms with Gasteiger partial charge in [-0.15, -0.1) is 0 Å². The Labute approximate surface area is 246 Å². The average molecular weight is 588 g/mol. The first-order chi connectivity index (χ1) is 20.2. The van der Waals surface area contributed by atoms with Crippen LogP contribution < -0.4 is 25.6 Å². The Hall–Kier alpha value is -5.59. The molecule has 0 aliphatic carbocycles. The number of amides is 3. The summed E-state index contributed by atoms with van der Waals surface area (Å²) in [5, 5.41) is 36.9. The molecule has 0 unspecified atom stereocenters. The highest BCUT2D eigenvalue weighted by Crippen LogP contribution is 2.23. The molecule has 3 amide bonds. The smallest absolute Gasteiger partial charge is 0.324 e. The van der Waals surface area contributed by atoms with Crippen molar-refractivity contribution >= 4 is 46.7 Å². The molecule has 0 aromatic heterocycles. The van der Waals surface area contributed by atoms with Crippen LogP contribution in [0.5, 0.6) is 5.75 Å². The van der Waals surface area contributed by atoms with E-state index in [1.165, 1.54) is 25.3 Å². The summed E-state index contributed by atoms with van der Waals surface area (Å²) in [6.07, 6.45) is 2.07. The number of hydrogen-bond donors (Lipinski definition) is 3. The van der Waals surface area contributed by atoms with Gasteiger partial charge in [-0.25, -0.2) is 4.79 Å². The number of nitro groups is 1. The monoisotopic (exact) mass is 587 g/mol. The predicted octanol–water partition coefficient (Wildman–Crippen LogP) is 5.44. The van der Waals surface area contributed by atoms with Crippen molar-refractivity contribution in [3.63, 3.8) is 0 Å². The lowest BCUT2D eigenvalue weighted by Crippen LogP contribution is -2.37. The summed E-state index contributed by atoms with van der Waals surface area (Å²) in [4.78, 5) is 38.4. The molecule has 0 bridgehead atoms. The topological polar surface area (TPSA) is 173 Å². The Kier molecular flexibility index (Phi) is 11.2. The second kappa shape index (κ2) is 15.3. The molecule has 42 heavy (non-hydrogen) atoms. The Morgan fingerprint density at radius 3 is 2.33 bits per heavy atom. The Balaban J connectivity index is 1.89. The van der Waals surface area contributed by atoms with Crippen molar-refractivity contribution in [3.05, 3.63) is 98.8 Å². The van der Waals surface area contributed by atoms with Crippen molar-refractivity contribution in [1.29, 1.82) is 10.5 Å². The zero-order valence-corrected chi connectivity index (χ0v) is 23.2. The van der Waals surface area contributed by atoms with Crippen LogP contribution in [0.15, 0.2) is 72.6 Å². The van der Waals surface area contributed by atoms with E-state index in [0.29, 0.717) is 30.1 Å². The molecule has 0 saturated heterocycles. The van der Waals surface area contributed by atoms with Crippen LogP contribution >= 0.6 is 11.6 Å². The number of hydrogen-bond acceptors (Lipinski definition) is 8. The van der Waals surface area contributed by atoms with Gasteiger partial charge in [0.15, 0.2) is 0 Å². The third-order valence-corrected chi connectivity index (χ3v) is 6.12. The summed E-state index contributed by atoms with van der Waals surface area (Å²) in [6, 6.07) is 20.6. The van der Waals surface area contributed by atoms with Gasteiger partial charge in [-0.1, -0.05) is 29.8 Å². The minimum atomic E-state index is -0.785. The van der Waals surface area contributed by atoms with Crippen LogP contribution in [0.1, 0.15) is 28.8 Å². The van der Waals surface area contributed by atoms with E-state index in [4.69, 9.17) is 26.9 Å². The largest absolute Gasteiger partial charge is 0.497 e. The summed E-state index contributed by atoms with van der Waals surface area (Å²) in [6.45, 7) is 0.898. The lowest BCUT2D eigenvalue weighted by Gasteiger charge is -2.22. The molecule has 0 spiro atoms. The van der Waals surface area contributed by atoms with E-state index in [1.54, 1.807) is 48.5 Å². The minimum Gasteiger partial charge on any atom is -0.497 e. The maximum Gasteiger partial charge on any atom is 0.324 e. The van der Waals surface area contributed by atoms with Gasteiger partial charge in [0.2, 0.25) is 0 Å². The van der Waals surface area contributed by atoms with Crippen molar-refractivity contribution in [2.45, 2.75) is 12.8 Å². The van der Waals surface area contributed by atoms with Crippen LogP contribution in [0.25, 0.3) is 6.08 Å². The number of ether oxygens (including phenoxy) is 1. The number of nitro benzene ring substituents is 1. The molecule has 0 heterocycles. The molecule has 0 aliphatic rings. The van der Waals surface area contributed by atoms with Gasteiger partial charge in [-0.2, -0.15) is 10.5 Å². The van der Waals surface area contributed by atoms with Gasteiger partial charge < -0.3 is 20.3 Å². The third-order valence-electron chi connectivity index (χ3n) is 5.79. The standard InChI is InChI=1S/C29H26ClN7O5/c1-42-24-6-2-5-21(18-24)33-29(39)35-27(34-28(38)25-19-23(37(40)41)11-12-26(25)30)17-20-7-9-22(10-8-20)36(15-3-13-31)16-4-14-32/h2,5-12,17-19H,3-4,15-16H2,1H3,(H,34,38)(H2,33,35,39)/b27-17-. The van der Waals surface area contributed by atoms with E-state index in [0.717, 1.165) is 11.8 Å². The number of benzene rings is 3. The quantitative estimate of drug-likeness (QED) is 0.185. The van der Waals surface area contributed by atoms with Crippen LogP contribution in [0.3, 0.4) is 0 Å². The lowest BCUT2D eigenvalue weighted by molar-refractivity contribution is -0.384. The third kappa shape index (κ3) is 8.98. The molecule has 12 nitrogen and oxygen atoms in total. The van der Waals surface area contributed by atoms with Gasteiger partial charge in [0.1, 0.15) is 11.6 Å². The first-order valence-electron chi connectivity index (χ1n) is 12.5. The highest BCUT2D eigenvalue weighted by molar-refractivity contribution is 6.34. The van der Waals surface area contributed by atoms with Crippen molar-refractivity contribution in [3.8, 4) is 17.9 Å². The maximum absolute atomic E-state index is 13.1. The first-order valence-corrected chi connectivity index (χ1v) is 12.9. The van der Waals surface area contributed by atoms with E-state index in [9.17, 15) is 19.7 Å². The number of nitrogens with one attached hydrogen (secondary N) is 3. The molecule has 3 aromatic rings. The number of non-ortho nitro benzene ring substituents is 1. The zero-order valence-electron chi connectivity index (χ0n) is 22.5. The minimum absolute atomic E-state index is 0.0162. The van der Waals surface area contributed by atoms with Crippen molar-refractivity contribution in [1.82, 2.24) is 10.6 Å². The molecule has 0 saturated carbocycles. The second-order valence-electron chi connectivity index (χ2n) is 8.64. The van der Waals surface area contributed by atoms with Crippen LogP contribution in [0, 0.1) is 32.8 Å². The second-order valence-corrected chi connectivity index (χ2v) is 9.05. The van der Waals surface area contributed by atoms with E-state index in [2.05, 4.69) is 28.1 Å². The summed E-state index contributed by atoms with van der Waals surface area (Å²) in [5.74, 6) is -0.301. The first kappa shape index (κ1) is 30.9. The highest BCUT2D eigenvalue weighted by Gasteiger charge is 2.18. The Morgan fingerprint density at radius 1 is 1.02 bits per heavy atom. The number of nitriles is 2. The van der Waals surface area contributed by atoms with Gasteiger partial charge >= 0.3 is 6.03 Å². The van der Waals surface area contributed by atoms with Crippen LogP contribution in [-0.4, -0.2) is 37.1 Å². The number of halogens is 1. The Morgan fingerprint density at radius 2 is 1.71 bits per heavy atom. The van der Waals surface area contributed by atoms with Crippen molar-refractivity contribution in [2.24, 2.45) is 0 Å². The number of rotatable bonds is 12. The molecular formula is C29H26ClN7O5. The zero-order chi connectivity index (χ0) is 30.5. The van der Waals surface area contributed by atoms with Gasteiger partial charge in [0, 0.05) is 42.7 Å². The summed E-state index contributed by atoms with van der Waals surface area (Å²) in [7, 11) is 1.49. The molecule has 3 aromatic carbocycles. The molecule has 214 valence electrons. The fourth-order valence-electron chi connectivity index (χ4n) is 3.77. The number of anilines is 2. The number of carbonyl (C=O) groups excluding carboxylic acids is 2. The number of nitrogens with zero attached hydrogens (tertiary/aromatic N) is 4. The Bertz CT molecular complexity index is 1540. The predicted molar refractivity (Wildman–Crippen MR) is 158 cm³/mol. The van der Waals surface area contributed by atoms with Crippen molar-refractivity contribution in [2.75, 3.05) is 30.4 Å². The molecule has 3 rings (SSSR count). The van der Waals surface area contributed by atoms with E-state index < -0.39 is 16.9 Å². The van der Waals surface area contributed by atoms with Gasteiger partial charge in [0.05, 0.1) is 47.6 Å². The maximum atomic E-state index is 13.1. The van der Waals surface area contributed by atoms with Gasteiger partial charge in [0.25, 0.3) is 11.6 Å². The highest BCUT2D eigenvalue weighted by atomic mass is 35.5. The van der Waals surface area contributed by atoms with Gasteiger partial charge in [-0.3, -0.25) is 20.2 Å². The summed E-state index contributed by atoms with van der Waals surface area (Å²) >= 11 is 6.14. The van der Waals surface area contributed by atoms with Crippen molar-refractivity contribution < 1.29 is 19.2 Å². The molecule has 0 atom stereocenters.